The highest BCUT2D eigenvalue weighted by Crippen LogP contribution is 2.43. The Morgan fingerprint density at radius 2 is 1.27 bits per heavy atom. The summed E-state index contributed by atoms with van der Waals surface area (Å²) in [5.74, 6) is -2.34. The third kappa shape index (κ3) is 9.04. The molecular formula is C46H33F7N10O6S2. The van der Waals surface area contributed by atoms with E-state index in [0.29, 0.717) is 28.7 Å². The zero-order valence-electron chi connectivity index (χ0n) is 37.1. The number of alkyl halides is 6. The van der Waals surface area contributed by atoms with Gasteiger partial charge in [-0.15, -0.1) is 0 Å². The number of nitriles is 2. The number of aromatic nitrogens is 4. The molecule has 2 amide bonds. The Hall–Kier alpha value is -7.71. The molecule has 2 aromatic heterocycles. The van der Waals surface area contributed by atoms with E-state index in [-0.39, 0.29) is 63.3 Å². The smallest absolute Gasteiger partial charge is 0.417 e. The SMILES string of the molecule is CC1(C)C(=O)N(c2ccc(C#N)c(C(F)(F)F)c2)C(=S)N1c1ccc2nc(OCC(O)OCCOc3ncnc4c(F)cc(N5C(=S)N(c6ccc(C#N)c(C(F)(F)F)c6)C(=O)C5(C)C)cc34)ncc2c1. The number of aliphatic hydroxyl groups is 1. The largest absolute Gasteiger partial charge is 0.475 e. The number of thiocarbonyl (C=S) groups is 2. The molecule has 8 rings (SSSR count). The van der Waals surface area contributed by atoms with E-state index in [2.05, 4.69) is 19.9 Å². The lowest BCUT2D eigenvalue weighted by Crippen LogP contribution is -2.44. The summed E-state index contributed by atoms with van der Waals surface area (Å²) < 4.78 is 115. The summed E-state index contributed by atoms with van der Waals surface area (Å²) in [5, 5.41) is 29.1. The van der Waals surface area contributed by atoms with E-state index < -0.39 is 76.2 Å². The van der Waals surface area contributed by atoms with E-state index in [1.54, 1.807) is 32.0 Å². The number of hydrogen-bond donors (Lipinski definition) is 1. The fraction of sp³-hybridized carbons (Fsp3) is 0.261. The first-order valence-corrected chi connectivity index (χ1v) is 21.6. The van der Waals surface area contributed by atoms with Gasteiger partial charge in [-0.2, -0.15) is 41.9 Å². The van der Waals surface area contributed by atoms with Crippen molar-refractivity contribution in [3.63, 3.8) is 0 Å². The summed E-state index contributed by atoms with van der Waals surface area (Å²) in [6, 6.07) is 15.7. The van der Waals surface area contributed by atoms with E-state index in [4.69, 9.17) is 38.6 Å². The van der Waals surface area contributed by atoms with Gasteiger partial charge in [0.2, 0.25) is 5.88 Å². The van der Waals surface area contributed by atoms with Crippen LogP contribution in [0.2, 0.25) is 0 Å². The number of carbonyl (C=O) groups excluding carboxylic acids is 2. The van der Waals surface area contributed by atoms with Crippen molar-refractivity contribution in [2.24, 2.45) is 0 Å². The number of nitrogens with zero attached hydrogens (tertiary/aromatic N) is 10. The van der Waals surface area contributed by atoms with Crippen LogP contribution >= 0.6 is 24.4 Å². The maximum atomic E-state index is 15.7. The highest BCUT2D eigenvalue weighted by molar-refractivity contribution is 7.81. The first kappa shape index (κ1) is 49.7. The first-order chi connectivity index (χ1) is 33.4. The maximum absolute atomic E-state index is 15.7. The molecule has 0 aliphatic carbocycles. The zero-order chi connectivity index (χ0) is 51.5. The number of ether oxygens (including phenoxy) is 3. The van der Waals surface area contributed by atoms with Gasteiger partial charge in [-0.05, 0) is 119 Å². The lowest BCUT2D eigenvalue weighted by Gasteiger charge is -2.29. The van der Waals surface area contributed by atoms with Crippen LogP contribution in [0.5, 0.6) is 11.9 Å². The van der Waals surface area contributed by atoms with Crippen molar-refractivity contribution >= 4 is 91.0 Å². The Labute approximate surface area is 408 Å². The van der Waals surface area contributed by atoms with E-state index >= 15 is 4.39 Å². The van der Waals surface area contributed by atoms with Gasteiger partial charge in [0.25, 0.3) is 11.8 Å². The molecule has 1 N–H and O–H groups in total. The summed E-state index contributed by atoms with van der Waals surface area (Å²) >= 11 is 11.2. The van der Waals surface area contributed by atoms with Gasteiger partial charge in [0.15, 0.2) is 22.3 Å². The van der Waals surface area contributed by atoms with Crippen LogP contribution in [0.4, 0.5) is 53.5 Å². The van der Waals surface area contributed by atoms with Crippen LogP contribution in [-0.2, 0) is 26.7 Å². The molecule has 2 saturated heterocycles. The van der Waals surface area contributed by atoms with Gasteiger partial charge in [-0.25, -0.2) is 19.3 Å². The van der Waals surface area contributed by atoms with E-state index in [9.17, 15) is 51.6 Å². The topological polar surface area (TPSA) is 194 Å². The highest BCUT2D eigenvalue weighted by atomic mass is 32.1. The van der Waals surface area contributed by atoms with Crippen molar-refractivity contribution < 1.29 is 59.6 Å². The molecule has 0 saturated carbocycles. The molecule has 0 spiro atoms. The molecule has 2 fully saturated rings. The molecular weight excluding hydrogens is 986 g/mol. The van der Waals surface area contributed by atoms with Gasteiger partial charge in [0, 0.05) is 23.0 Å². The summed E-state index contributed by atoms with van der Waals surface area (Å²) in [5.41, 5.74) is -6.46. The Balaban J connectivity index is 0.904. The fourth-order valence-corrected chi connectivity index (χ4v) is 9.02. The molecule has 0 radical (unpaired) electrons. The molecule has 0 bridgehead atoms. The molecule has 2 aliphatic rings. The van der Waals surface area contributed by atoms with Crippen LogP contribution < -0.4 is 29.1 Å². The molecule has 4 aromatic carbocycles. The van der Waals surface area contributed by atoms with Gasteiger partial charge < -0.3 is 29.1 Å². The summed E-state index contributed by atoms with van der Waals surface area (Å²) in [7, 11) is 0. The second-order valence-electron chi connectivity index (χ2n) is 16.7. The molecule has 16 nitrogen and oxygen atoms in total. The zero-order valence-corrected chi connectivity index (χ0v) is 38.8. The third-order valence-electron chi connectivity index (χ3n) is 11.4. The third-order valence-corrected chi connectivity index (χ3v) is 12.1. The van der Waals surface area contributed by atoms with Crippen LogP contribution in [-0.4, -0.2) is 84.3 Å². The lowest BCUT2D eigenvalue weighted by atomic mass is 10.0. The fourth-order valence-electron chi connectivity index (χ4n) is 7.98. The van der Waals surface area contributed by atoms with E-state index in [1.807, 2.05) is 0 Å². The lowest BCUT2D eigenvalue weighted by molar-refractivity contribution is -0.138. The molecule has 1 atom stereocenters. The highest BCUT2D eigenvalue weighted by Gasteiger charge is 2.52. The van der Waals surface area contributed by atoms with Crippen LogP contribution in [0.1, 0.15) is 49.9 Å². The number of halogens is 7. The quantitative estimate of drug-likeness (QED) is 0.0534. The normalized spacial score (nSPS) is 16.3. The number of carbonyl (C=O) groups is 2. The predicted molar refractivity (Wildman–Crippen MR) is 248 cm³/mol. The van der Waals surface area contributed by atoms with Crippen molar-refractivity contribution in [3.05, 3.63) is 107 Å². The van der Waals surface area contributed by atoms with Gasteiger partial charge in [0.05, 0.1) is 63.3 Å². The second kappa shape index (κ2) is 18.2. The Morgan fingerprint density at radius 1 is 0.718 bits per heavy atom. The average Bonchev–Trinajstić information content (AvgIpc) is 3.61. The predicted octanol–water partition coefficient (Wildman–Crippen LogP) is 8.12. The summed E-state index contributed by atoms with van der Waals surface area (Å²) in [6.07, 6.45) is -8.87. The number of fused-ring (bicyclic) bond motifs is 2. The molecule has 6 aromatic rings. The Morgan fingerprint density at radius 3 is 1.82 bits per heavy atom. The van der Waals surface area contributed by atoms with Crippen LogP contribution in [0, 0.1) is 28.5 Å². The summed E-state index contributed by atoms with van der Waals surface area (Å²) in [4.78, 5) is 48.6. The monoisotopic (exact) mass is 1020 g/mol. The van der Waals surface area contributed by atoms with Crippen molar-refractivity contribution in [1.29, 1.82) is 10.5 Å². The molecule has 1 unspecified atom stereocenters. The van der Waals surface area contributed by atoms with Crippen molar-refractivity contribution in [3.8, 4) is 24.0 Å². The minimum Gasteiger partial charge on any atom is -0.475 e. The van der Waals surface area contributed by atoms with E-state index in [0.717, 1.165) is 40.4 Å². The number of rotatable bonds is 12. The number of benzene rings is 4. The Kier molecular flexibility index (Phi) is 12.8. The minimum atomic E-state index is -4.92. The van der Waals surface area contributed by atoms with E-state index in [1.165, 1.54) is 54.1 Å². The second-order valence-corrected chi connectivity index (χ2v) is 17.4. The number of anilines is 4. The number of hydrogen-bond acceptors (Lipinski definition) is 14. The van der Waals surface area contributed by atoms with Gasteiger partial charge in [0.1, 0.15) is 36.1 Å². The minimum absolute atomic E-state index is 0.0163. The number of amides is 2. The molecule has 25 heteroatoms. The van der Waals surface area contributed by atoms with Crippen LogP contribution in [0.25, 0.3) is 21.8 Å². The van der Waals surface area contributed by atoms with Gasteiger partial charge in [-0.1, -0.05) is 0 Å². The van der Waals surface area contributed by atoms with Crippen LogP contribution in [0.15, 0.2) is 79.3 Å². The Bertz CT molecular complexity index is 3310. The molecule has 2 aliphatic heterocycles. The summed E-state index contributed by atoms with van der Waals surface area (Å²) in [6.45, 7) is 5.06. The van der Waals surface area contributed by atoms with Crippen LogP contribution in [0.3, 0.4) is 0 Å². The standard InChI is InChI=1S/C46H33F7N10O6S2/c1-43(2)38(65)60(26-7-5-23(18-54)31(15-26)45(48,49)50)41(70)62(43)28-9-10-34-25(13-28)20-56-40(59-34)69-21-35(64)67-11-12-68-37-30-14-29(17-33(47)36(30)57-22-58-37)63-42(71)61(39(66)44(63,3)4)27-8-6-24(19-55)32(16-27)46(51,52)53/h5-10,13-17,20,22,35,64H,11-12,21H2,1-4H3. The number of aliphatic hydroxyl groups excluding tert-OH is 1. The van der Waals surface area contributed by atoms with Gasteiger partial charge in [-0.3, -0.25) is 19.4 Å². The first-order valence-electron chi connectivity index (χ1n) is 20.7. The molecule has 364 valence electrons. The molecule has 71 heavy (non-hydrogen) atoms. The van der Waals surface area contributed by atoms with Crippen molar-refractivity contribution in [2.75, 3.05) is 39.4 Å². The maximum Gasteiger partial charge on any atom is 0.417 e. The average molecular weight is 1020 g/mol. The van der Waals surface area contributed by atoms with Gasteiger partial charge >= 0.3 is 18.4 Å². The van der Waals surface area contributed by atoms with Crippen molar-refractivity contribution in [2.45, 2.75) is 57.4 Å². The van der Waals surface area contributed by atoms with Crippen molar-refractivity contribution in [1.82, 2.24) is 19.9 Å². The molecule has 4 heterocycles.